The summed E-state index contributed by atoms with van der Waals surface area (Å²) in [6.45, 7) is 2.61. The predicted octanol–water partition coefficient (Wildman–Crippen LogP) is 3.46. The minimum atomic E-state index is 0.638. The maximum atomic E-state index is 5.40. The van der Waals surface area contributed by atoms with Gasteiger partial charge in [-0.1, -0.05) is 18.2 Å². The molecule has 0 atom stereocenters. The molecule has 0 radical (unpaired) electrons. The van der Waals surface area contributed by atoms with E-state index >= 15 is 0 Å². The first-order valence-electron chi connectivity index (χ1n) is 6.37. The van der Waals surface area contributed by atoms with E-state index < -0.39 is 0 Å². The van der Waals surface area contributed by atoms with Gasteiger partial charge in [0.25, 0.3) is 0 Å². The van der Waals surface area contributed by atoms with E-state index in [4.69, 9.17) is 17.0 Å². The first-order chi connectivity index (χ1) is 9.69. The zero-order valence-electron chi connectivity index (χ0n) is 11.4. The van der Waals surface area contributed by atoms with E-state index in [9.17, 15) is 0 Å². The maximum Gasteiger partial charge on any atom is 0.179 e. The third-order valence-corrected chi connectivity index (χ3v) is 3.60. The van der Waals surface area contributed by atoms with Gasteiger partial charge in [-0.2, -0.15) is 0 Å². The zero-order chi connectivity index (χ0) is 14.1. The third-order valence-electron chi connectivity index (χ3n) is 3.28. The van der Waals surface area contributed by atoms with E-state index in [1.54, 1.807) is 7.11 Å². The van der Waals surface area contributed by atoms with Crippen LogP contribution in [0.25, 0.3) is 11.2 Å². The molecule has 0 saturated carbocycles. The predicted molar refractivity (Wildman–Crippen MR) is 81.8 cm³/mol. The molecule has 0 aliphatic heterocycles. The molecule has 0 unspecified atom stereocenters. The van der Waals surface area contributed by atoms with Gasteiger partial charge in [0, 0.05) is 11.3 Å². The van der Waals surface area contributed by atoms with Crippen LogP contribution in [0.5, 0.6) is 5.75 Å². The highest BCUT2D eigenvalue weighted by Gasteiger charge is 2.09. The van der Waals surface area contributed by atoms with E-state index in [1.165, 1.54) is 0 Å². The second-order valence-corrected chi connectivity index (χ2v) is 5.04. The number of pyridine rings is 1. The minimum Gasteiger partial charge on any atom is -0.496 e. The van der Waals surface area contributed by atoms with E-state index in [1.807, 2.05) is 47.9 Å². The van der Waals surface area contributed by atoms with Crippen molar-refractivity contribution >= 4 is 23.4 Å². The molecule has 0 bridgehead atoms. The molecule has 0 saturated heterocycles. The summed E-state index contributed by atoms with van der Waals surface area (Å²) in [5, 5.41) is 0. The molecule has 20 heavy (non-hydrogen) atoms. The van der Waals surface area contributed by atoms with Crippen molar-refractivity contribution in [3.05, 3.63) is 52.4 Å². The molecule has 4 nitrogen and oxygen atoms in total. The van der Waals surface area contributed by atoms with Crippen molar-refractivity contribution in [1.82, 2.24) is 14.5 Å². The number of benzene rings is 1. The van der Waals surface area contributed by atoms with Crippen molar-refractivity contribution < 1.29 is 4.74 Å². The summed E-state index contributed by atoms with van der Waals surface area (Å²) in [6, 6.07) is 11.9. The van der Waals surface area contributed by atoms with Crippen LogP contribution in [0.15, 0.2) is 36.4 Å². The molecule has 0 amide bonds. The average molecular weight is 285 g/mol. The van der Waals surface area contributed by atoms with Crippen LogP contribution in [0.3, 0.4) is 0 Å². The van der Waals surface area contributed by atoms with Crippen molar-refractivity contribution in [3.8, 4) is 5.75 Å². The molecular weight excluding hydrogens is 270 g/mol. The maximum absolute atomic E-state index is 5.40. The second-order valence-electron chi connectivity index (χ2n) is 4.65. The van der Waals surface area contributed by atoms with Crippen LogP contribution in [-0.2, 0) is 6.54 Å². The number of fused-ring (bicyclic) bond motifs is 1. The van der Waals surface area contributed by atoms with Crippen LogP contribution in [-0.4, -0.2) is 21.6 Å². The summed E-state index contributed by atoms with van der Waals surface area (Å²) in [7, 11) is 1.68. The molecule has 0 spiro atoms. The molecule has 5 heteroatoms. The Bertz CT molecular complexity index is 819. The van der Waals surface area contributed by atoms with E-state index in [0.29, 0.717) is 11.3 Å². The highest BCUT2D eigenvalue weighted by atomic mass is 32.1. The summed E-state index contributed by atoms with van der Waals surface area (Å²) >= 11 is 5.40. The van der Waals surface area contributed by atoms with Crippen molar-refractivity contribution in [2.24, 2.45) is 0 Å². The van der Waals surface area contributed by atoms with Gasteiger partial charge in [-0.3, -0.25) is 4.57 Å². The van der Waals surface area contributed by atoms with E-state index in [-0.39, 0.29) is 0 Å². The Kier molecular flexibility index (Phi) is 3.28. The highest BCUT2D eigenvalue weighted by Crippen LogP contribution is 2.21. The van der Waals surface area contributed by atoms with Crippen LogP contribution in [0.4, 0.5) is 0 Å². The lowest BCUT2D eigenvalue weighted by atomic mass is 10.2. The lowest BCUT2D eigenvalue weighted by Crippen LogP contribution is -2.03. The quantitative estimate of drug-likeness (QED) is 0.749. The fourth-order valence-electron chi connectivity index (χ4n) is 2.28. The molecule has 0 aliphatic rings. The Hall–Kier alpha value is -2.14. The van der Waals surface area contributed by atoms with Gasteiger partial charge in [0.05, 0.1) is 19.2 Å². The zero-order valence-corrected chi connectivity index (χ0v) is 12.2. The lowest BCUT2D eigenvalue weighted by molar-refractivity contribution is 0.408. The van der Waals surface area contributed by atoms with Crippen molar-refractivity contribution in [2.45, 2.75) is 13.5 Å². The summed E-state index contributed by atoms with van der Waals surface area (Å²) in [4.78, 5) is 7.76. The van der Waals surface area contributed by atoms with Gasteiger partial charge in [0.2, 0.25) is 0 Å². The van der Waals surface area contributed by atoms with Crippen LogP contribution >= 0.6 is 12.2 Å². The Morgan fingerprint density at radius 3 is 2.85 bits per heavy atom. The number of hydrogen-bond acceptors (Lipinski definition) is 3. The molecule has 3 rings (SSSR count). The summed E-state index contributed by atoms with van der Waals surface area (Å²) in [5.74, 6) is 0.858. The van der Waals surface area contributed by atoms with Crippen molar-refractivity contribution in [1.29, 1.82) is 0 Å². The van der Waals surface area contributed by atoms with Crippen LogP contribution < -0.4 is 4.74 Å². The summed E-state index contributed by atoms with van der Waals surface area (Å²) in [5.41, 5.74) is 3.88. The molecule has 2 aromatic heterocycles. The number of imidazole rings is 1. The number of aromatic nitrogens is 3. The fraction of sp³-hybridized carbons (Fsp3) is 0.200. The van der Waals surface area contributed by atoms with Crippen LogP contribution in [0.1, 0.15) is 11.3 Å². The number of aryl methyl sites for hydroxylation is 1. The number of H-pyrrole nitrogens is 1. The number of aromatic amines is 1. The summed E-state index contributed by atoms with van der Waals surface area (Å²) < 4.78 is 8.06. The Labute approximate surface area is 122 Å². The van der Waals surface area contributed by atoms with Gasteiger partial charge in [-0.15, -0.1) is 0 Å². The van der Waals surface area contributed by atoms with Gasteiger partial charge in [-0.25, -0.2) is 4.98 Å². The molecule has 1 N–H and O–H groups in total. The van der Waals surface area contributed by atoms with Crippen LogP contribution in [0.2, 0.25) is 0 Å². The fourth-order valence-corrected chi connectivity index (χ4v) is 2.54. The van der Waals surface area contributed by atoms with Crippen LogP contribution in [0, 0.1) is 11.7 Å². The number of nitrogens with zero attached hydrogens (tertiary/aromatic N) is 2. The Morgan fingerprint density at radius 2 is 2.05 bits per heavy atom. The number of hydrogen-bond donors (Lipinski definition) is 1. The highest BCUT2D eigenvalue weighted by molar-refractivity contribution is 7.71. The smallest absolute Gasteiger partial charge is 0.179 e. The third kappa shape index (κ3) is 2.20. The Balaban J connectivity index is 2.13. The monoisotopic (exact) mass is 285 g/mol. The molecule has 1 aromatic carbocycles. The van der Waals surface area contributed by atoms with Gasteiger partial charge in [-0.05, 0) is 37.3 Å². The molecule has 3 aromatic rings. The topological polar surface area (TPSA) is 42.8 Å². The standard InChI is InChI=1S/C15H15N3OS/c1-10-7-8-12-14(16-10)18(15(20)17-12)9-11-5-3-4-6-13(11)19-2/h3-8H,9H2,1-2H3,(H,17,20). The first-order valence-corrected chi connectivity index (χ1v) is 6.78. The normalized spacial score (nSPS) is 10.9. The minimum absolute atomic E-state index is 0.638. The largest absolute Gasteiger partial charge is 0.496 e. The second kappa shape index (κ2) is 5.09. The number of ether oxygens (including phenoxy) is 1. The Morgan fingerprint density at radius 1 is 1.25 bits per heavy atom. The molecule has 2 heterocycles. The number of nitrogens with one attached hydrogen (secondary N) is 1. The number of rotatable bonds is 3. The SMILES string of the molecule is COc1ccccc1Cn1c(=S)[nH]c2ccc(C)nc21. The van der Waals surface area contributed by atoms with Crippen molar-refractivity contribution in [3.63, 3.8) is 0 Å². The average Bonchev–Trinajstić information content (AvgIpc) is 2.76. The molecule has 0 aliphatic carbocycles. The van der Waals surface area contributed by atoms with Gasteiger partial charge < -0.3 is 9.72 Å². The number of para-hydroxylation sites is 1. The number of methoxy groups -OCH3 is 1. The van der Waals surface area contributed by atoms with Gasteiger partial charge >= 0.3 is 0 Å². The molecule has 102 valence electrons. The molecule has 0 fully saturated rings. The summed E-state index contributed by atoms with van der Waals surface area (Å²) in [6.07, 6.45) is 0. The van der Waals surface area contributed by atoms with Gasteiger partial charge in [0.1, 0.15) is 5.75 Å². The first kappa shape index (κ1) is 12.9. The molecular formula is C15H15N3OS. The van der Waals surface area contributed by atoms with Crippen molar-refractivity contribution in [2.75, 3.05) is 7.11 Å². The van der Waals surface area contributed by atoms with E-state index in [0.717, 1.165) is 28.2 Å². The van der Waals surface area contributed by atoms with E-state index in [2.05, 4.69) is 9.97 Å². The van der Waals surface area contributed by atoms with Gasteiger partial charge in [0.15, 0.2) is 10.4 Å². The lowest BCUT2D eigenvalue weighted by Gasteiger charge is -2.09.